The molecule has 0 amide bonds. The zero-order chi connectivity index (χ0) is 19.1. The highest BCUT2D eigenvalue weighted by atomic mass is 35.5. The number of aromatic nitrogens is 3. The zero-order valence-corrected chi connectivity index (χ0v) is 16.0. The molecule has 9 nitrogen and oxygen atoms in total. The van der Waals surface area contributed by atoms with Crippen molar-refractivity contribution < 1.29 is 16.8 Å². The Labute approximate surface area is 154 Å². The second-order valence-corrected chi connectivity index (χ2v) is 9.53. The summed E-state index contributed by atoms with van der Waals surface area (Å²) in [6.45, 7) is 0. The van der Waals surface area contributed by atoms with Crippen molar-refractivity contribution in [3.05, 3.63) is 35.5 Å². The van der Waals surface area contributed by atoms with Crippen LogP contribution in [-0.2, 0) is 20.0 Å². The molecule has 0 aliphatic carbocycles. The number of sulfonamides is 2. The van der Waals surface area contributed by atoms with Gasteiger partial charge in [0.1, 0.15) is 5.82 Å². The SMILES string of the molecule is CS(=O)(=O)Nc1ccc(Cl)c(-c2nc3ncc(NS(C)(=O)=O)cc3[nH]2)c1. The summed E-state index contributed by atoms with van der Waals surface area (Å²) < 4.78 is 50.1. The minimum absolute atomic E-state index is 0.286. The van der Waals surface area contributed by atoms with Crippen LogP contribution >= 0.6 is 11.6 Å². The van der Waals surface area contributed by atoms with E-state index in [4.69, 9.17) is 11.6 Å². The van der Waals surface area contributed by atoms with Gasteiger partial charge in [0.2, 0.25) is 20.0 Å². The summed E-state index contributed by atoms with van der Waals surface area (Å²) >= 11 is 6.20. The fourth-order valence-electron chi connectivity index (χ4n) is 2.28. The van der Waals surface area contributed by atoms with E-state index in [0.29, 0.717) is 33.3 Å². The van der Waals surface area contributed by atoms with E-state index < -0.39 is 20.0 Å². The first-order valence-corrected chi connectivity index (χ1v) is 11.3. The van der Waals surface area contributed by atoms with Crippen LogP contribution in [-0.4, -0.2) is 44.3 Å². The first-order chi connectivity index (χ1) is 12.0. The summed E-state index contributed by atoms with van der Waals surface area (Å²) in [5.41, 5.74) is 1.94. The molecule has 0 aliphatic heterocycles. The minimum atomic E-state index is -3.44. The number of hydrogen-bond donors (Lipinski definition) is 3. The van der Waals surface area contributed by atoms with Gasteiger partial charge in [-0.05, 0) is 24.3 Å². The fraction of sp³-hybridized carbons (Fsp3) is 0.143. The summed E-state index contributed by atoms with van der Waals surface area (Å²) in [6.07, 6.45) is 3.43. The highest BCUT2D eigenvalue weighted by molar-refractivity contribution is 7.92. The van der Waals surface area contributed by atoms with Gasteiger partial charge in [-0.1, -0.05) is 11.6 Å². The van der Waals surface area contributed by atoms with E-state index in [1.54, 1.807) is 12.1 Å². The number of anilines is 2. The third-order valence-electron chi connectivity index (χ3n) is 3.17. The van der Waals surface area contributed by atoms with E-state index in [1.807, 2.05) is 0 Å². The maximum absolute atomic E-state index is 11.4. The van der Waals surface area contributed by atoms with Crippen LogP contribution in [0.15, 0.2) is 30.5 Å². The molecule has 0 bridgehead atoms. The summed E-state index contributed by atoms with van der Waals surface area (Å²) in [5, 5.41) is 0.359. The van der Waals surface area contributed by atoms with Crippen LogP contribution < -0.4 is 9.44 Å². The molecule has 0 aliphatic rings. The van der Waals surface area contributed by atoms with Crippen molar-refractivity contribution in [1.82, 2.24) is 15.0 Å². The molecule has 0 fully saturated rings. The highest BCUT2D eigenvalue weighted by Gasteiger charge is 2.13. The van der Waals surface area contributed by atoms with Crippen LogP contribution in [0.25, 0.3) is 22.6 Å². The third-order valence-corrected chi connectivity index (χ3v) is 4.71. The van der Waals surface area contributed by atoms with Crippen LogP contribution in [0.2, 0.25) is 5.02 Å². The van der Waals surface area contributed by atoms with E-state index in [0.717, 1.165) is 12.5 Å². The summed E-state index contributed by atoms with van der Waals surface area (Å²) in [7, 11) is -6.87. The molecule has 0 spiro atoms. The maximum Gasteiger partial charge on any atom is 0.229 e. The lowest BCUT2D eigenvalue weighted by atomic mass is 10.2. The van der Waals surface area contributed by atoms with Crippen molar-refractivity contribution in [2.24, 2.45) is 0 Å². The zero-order valence-electron chi connectivity index (χ0n) is 13.6. The van der Waals surface area contributed by atoms with Crippen molar-refractivity contribution >= 4 is 54.2 Å². The highest BCUT2D eigenvalue weighted by Crippen LogP contribution is 2.30. The summed E-state index contributed by atoms with van der Waals surface area (Å²) in [4.78, 5) is 11.4. The standard InChI is InChI=1S/C14H14ClN5O4S2/c1-25(21,22)19-8-3-4-11(15)10(5-8)13-17-12-6-9(20-26(2,23)24)7-16-14(12)18-13/h3-7,19-20H,1-2H3,(H,16,17,18). The molecule has 3 N–H and O–H groups in total. The van der Waals surface area contributed by atoms with Crippen molar-refractivity contribution in [3.63, 3.8) is 0 Å². The van der Waals surface area contributed by atoms with Gasteiger partial charge in [0, 0.05) is 11.3 Å². The molecule has 3 rings (SSSR count). The largest absolute Gasteiger partial charge is 0.336 e. The van der Waals surface area contributed by atoms with Gasteiger partial charge in [0.15, 0.2) is 5.65 Å². The number of nitrogens with zero attached hydrogens (tertiary/aromatic N) is 2. The Bertz CT molecular complexity index is 1210. The normalized spacial score (nSPS) is 12.3. The minimum Gasteiger partial charge on any atom is -0.336 e. The van der Waals surface area contributed by atoms with Gasteiger partial charge in [-0.3, -0.25) is 9.44 Å². The molecule has 0 unspecified atom stereocenters. The molecule has 1 aromatic carbocycles. The number of nitrogens with one attached hydrogen (secondary N) is 3. The number of rotatable bonds is 5. The Balaban J connectivity index is 2.04. The number of fused-ring (bicyclic) bond motifs is 1. The number of H-pyrrole nitrogens is 1. The predicted molar refractivity (Wildman–Crippen MR) is 101 cm³/mol. The van der Waals surface area contributed by atoms with Crippen molar-refractivity contribution in [3.8, 4) is 11.4 Å². The molecule has 138 valence electrons. The van der Waals surface area contributed by atoms with Crippen molar-refractivity contribution in [1.29, 1.82) is 0 Å². The number of benzene rings is 1. The van der Waals surface area contributed by atoms with Gasteiger partial charge in [0.05, 0.1) is 34.9 Å². The molecule has 2 heterocycles. The molecule has 0 atom stereocenters. The maximum atomic E-state index is 11.4. The summed E-state index contributed by atoms with van der Waals surface area (Å²) in [5.74, 6) is 0.367. The molecular formula is C14H14ClN5O4S2. The Hall–Kier alpha value is -2.37. The lowest BCUT2D eigenvalue weighted by molar-refractivity contribution is 0.605. The first kappa shape index (κ1) is 18.4. The van der Waals surface area contributed by atoms with Gasteiger partial charge < -0.3 is 4.98 Å². The lowest BCUT2D eigenvalue weighted by Crippen LogP contribution is -2.09. The Kier molecular flexibility index (Phi) is 4.54. The molecule has 12 heteroatoms. The second kappa shape index (κ2) is 6.41. The monoisotopic (exact) mass is 415 g/mol. The lowest BCUT2D eigenvalue weighted by Gasteiger charge is -2.07. The van der Waals surface area contributed by atoms with Crippen molar-refractivity contribution in [2.45, 2.75) is 0 Å². The fourth-order valence-corrected chi connectivity index (χ4v) is 3.58. The van der Waals surface area contributed by atoms with Gasteiger partial charge in [-0.2, -0.15) is 0 Å². The topological polar surface area (TPSA) is 134 Å². The second-order valence-electron chi connectivity index (χ2n) is 5.62. The number of halogens is 1. The Morgan fingerprint density at radius 2 is 1.65 bits per heavy atom. The Morgan fingerprint density at radius 3 is 2.31 bits per heavy atom. The molecule has 0 saturated heterocycles. The molecule has 0 radical (unpaired) electrons. The van der Waals surface area contributed by atoms with Crippen molar-refractivity contribution in [2.75, 3.05) is 22.0 Å². The van der Waals surface area contributed by atoms with Gasteiger partial charge in [0.25, 0.3) is 0 Å². The molecule has 2 aromatic heterocycles. The van der Waals surface area contributed by atoms with E-state index in [9.17, 15) is 16.8 Å². The van der Waals surface area contributed by atoms with E-state index >= 15 is 0 Å². The molecule has 26 heavy (non-hydrogen) atoms. The van der Waals surface area contributed by atoms with Gasteiger partial charge >= 0.3 is 0 Å². The van der Waals surface area contributed by atoms with E-state index in [1.165, 1.54) is 18.3 Å². The average Bonchev–Trinajstić information content (AvgIpc) is 2.89. The molecule has 3 aromatic rings. The van der Waals surface area contributed by atoms with Crippen LogP contribution in [0.4, 0.5) is 11.4 Å². The van der Waals surface area contributed by atoms with Gasteiger partial charge in [-0.25, -0.2) is 26.8 Å². The van der Waals surface area contributed by atoms with Crippen LogP contribution in [0.3, 0.4) is 0 Å². The number of imidazole rings is 1. The van der Waals surface area contributed by atoms with Crippen LogP contribution in [0.1, 0.15) is 0 Å². The molecular weight excluding hydrogens is 402 g/mol. The van der Waals surface area contributed by atoms with E-state index in [-0.39, 0.29) is 5.69 Å². The predicted octanol–water partition coefficient (Wildman–Crippen LogP) is 2.02. The first-order valence-electron chi connectivity index (χ1n) is 7.11. The quantitative estimate of drug-likeness (QED) is 0.583. The van der Waals surface area contributed by atoms with E-state index in [2.05, 4.69) is 24.4 Å². The number of pyridine rings is 1. The third kappa shape index (κ3) is 4.42. The Morgan fingerprint density at radius 1 is 1.00 bits per heavy atom. The van der Waals surface area contributed by atoms with Crippen LogP contribution in [0, 0.1) is 0 Å². The number of aromatic amines is 1. The summed E-state index contributed by atoms with van der Waals surface area (Å²) in [6, 6.07) is 6.16. The number of hydrogen-bond acceptors (Lipinski definition) is 6. The smallest absolute Gasteiger partial charge is 0.229 e. The van der Waals surface area contributed by atoms with Crippen LogP contribution in [0.5, 0.6) is 0 Å². The average molecular weight is 416 g/mol. The molecule has 0 saturated carbocycles. The van der Waals surface area contributed by atoms with Gasteiger partial charge in [-0.15, -0.1) is 0 Å².